The molecule has 0 bridgehead atoms. The molecule has 3 rings (SSSR count). The summed E-state index contributed by atoms with van der Waals surface area (Å²) in [5.74, 6) is 1.05. The molecule has 1 fully saturated rings. The number of anilines is 2. The monoisotopic (exact) mass is 252 g/mol. The van der Waals surface area contributed by atoms with Crippen molar-refractivity contribution in [3.63, 3.8) is 0 Å². The van der Waals surface area contributed by atoms with Crippen LogP contribution in [0.25, 0.3) is 0 Å². The highest BCUT2D eigenvalue weighted by Crippen LogP contribution is 2.33. The third kappa shape index (κ3) is 2.07. The molecule has 0 unspecified atom stereocenters. The molecule has 0 spiro atoms. The van der Waals surface area contributed by atoms with Gasteiger partial charge in [0.15, 0.2) is 11.0 Å². The predicted octanol–water partition coefficient (Wildman–Crippen LogP) is 1.57. The van der Waals surface area contributed by atoms with Gasteiger partial charge in [0.25, 0.3) is 0 Å². The molecule has 5 nitrogen and oxygen atoms in total. The van der Waals surface area contributed by atoms with Crippen LogP contribution in [0.5, 0.6) is 0 Å². The fourth-order valence-electron chi connectivity index (χ4n) is 2.34. The molecule has 1 aromatic heterocycles. The third-order valence-corrected chi connectivity index (χ3v) is 3.83. The summed E-state index contributed by atoms with van der Waals surface area (Å²) in [6.45, 7) is 2.56. The van der Waals surface area contributed by atoms with Crippen LogP contribution in [0.3, 0.4) is 0 Å². The summed E-state index contributed by atoms with van der Waals surface area (Å²) in [6.07, 6.45) is 6.05. The molecule has 1 aromatic rings. The van der Waals surface area contributed by atoms with Crippen molar-refractivity contribution < 1.29 is 4.74 Å². The first kappa shape index (κ1) is 11.1. The molecule has 0 radical (unpaired) electrons. The number of hydrogen-bond acceptors (Lipinski definition) is 6. The van der Waals surface area contributed by atoms with Gasteiger partial charge in [0, 0.05) is 19.3 Å². The van der Waals surface area contributed by atoms with E-state index in [1.165, 1.54) is 0 Å². The lowest BCUT2D eigenvalue weighted by Gasteiger charge is -2.31. The van der Waals surface area contributed by atoms with E-state index in [0.717, 1.165) is 49.4 Å². The maximum atomic E-state index is 5.41. The van der Waals surface area contributed by atoms with Gasteiger partial charge in [0.05, 0.1) is 18.6 Å². The van der Waals surface area contributed by atoms with Gasteiger partial charge in [0.1, 0.15) is 0 Å². The minimum atomic E-state index is 0.544. The Labute approximate surface area is 105 Å². The molecule has 2 aliphatic heterocycles. The largest absolute Gasteiger partial charge is 0.381 e. The molecular weight excluding hydrogens is 236 g/mol. The minimum Gasteiger partial charge on any atom is -0.381 e. The Hall–Kier alpha value is -1.01. The van der Waals surface area contributed by atoms with Gasteiger partial charge in [-0.2, -0.15) is 0 Å². The van der Waals surface area contributed by atoms with Gasteiger partial charge in [-0.3, -0.25) is 0 Å². The SMILES string of the molecule is CSc1ncc2c(n1)N(C1CCOCC1)CN2. The summed E-state index contributed by atoms with van der Waals surface area (Å²) in [7, 11) is 0. The highest BCUT2D eigenvalue weighted by atomic mass is 32.2. The first-order chi connectivity index (χ1) is 8.38. The summed E-state index contributed by atoms with van der Waals surface area (Å²) < 4.78 is 5.41. The van der Waals surface area contributed by atoms with E-state index in [4.69, 9.17) is 4.74 Å². The number of nitrogens with zero attached hydrogens (tertiary/aromatic N) is 3. The first-order valence-electron chi connectivity index (χ1n) is 5.88. The van der Waals surface area contributed by atoms with Gasteiger partial charge in [0.2, 0.25) is 0 Å². The molecular formula is C11H16N4OS. The topological polar surface area (TPSA) is 50.3 Å². The van der Waals surface area contributed by atoms with Crippen molar-refractivity contribution in [3.8, 4) is 0 Å². The standard InChI is InChI=1S/C11H16N4OS/c1-17-11-12-6-9-10(14-11)15(7-13-9)8-2-4-16-5-3-8/h6,8,13H,2-5,7H2,1H3. The Kier molecular flexibility index (Phi) is 3.07. The van der Waals surface area contributed by atoms with Crippen LogP contribution in [0.1, 0.15) is 12.8 Å². The maximum absolute atomic E-state index is 5.41. The van der Waals surface area contributed by atoms with Gasteiger partial charge in [-0.1, -0.05) is 11.8 Å². The summed E-state index contributed by atoms with van der Waals surface area (Å²) in [4.78, 5) is 11.2. The second-order valence-electron chi connectivity index (χ2n) is 4.24. The quantitative estimate of drug-likeness (QED) is 0.637. The van der Waals surface area contributed by atoms with Crippen molar-refractivity contribution in [2.24, 2.45) is 0 Å². The van der Waals surface area contributed by atoms with E-state index >= 15 is 0 Å². The van der Waals surface area contributed by atoms with Gasteiger partial charge >= 0.3 is 0 Å². The predicted molar refractivity (Wildman–Crippen MR) is 68.6 cm³/mol. The van der Waals surface area contributed by atoms with E-state index in [-0.39, 0.29) is 0 Å². The Morgan fingerprint density at radius 1 is 1.47 bits per heavy atom. The number of rotatable bonds is 2. The van der Waals surface area contributed by atoms with Gasteiger partial charge in [-0.15, -0.1) is 0 Å². The number of thioether (sulfide) groups is 1. The average molecular weight is 252 g/mol. The fourth-order valence-corrected chi connectivity index (χ4v) is 2.68. The first-order valence-corrected chi connectivity index (χ1v) is 7.10. The zero-order chi connectivity index (χ0) is 11.7. The highest BCUT2D eigenvalue weighted by molar-refractivity contribution is 7.98. The molecule has 0 aromatic carbocycles. The lowest BCUT2D eigenvalue weighted by molar-refractivity contribution is 0.0848. The van der Waals surface area contributed by atoms with Crippen molar-refractivity contribution in [1.82, 2.24) is 9.97 Å². The number of hydrogen-bond donors (Lipinski definition) is 1. The van der Waals surface area contributed by atoms with Gasteiger partial charge in [-0.05, 0) is 19.1 Å². The number of nitrogens with one attached hydrogen (secondary N) is 1. The molecule has 6 heteroatoms. The number of ether oxygens (including phenoxy) is 1. The summed E-state index contributed by atoms with van der Waals surface area (Å²) in [5, 5.41) is 4.19. The van der Waals surface area contributed by atoms with Crippen molar-refractivity contribution in [2.75, 3.05) is 36.4 Å². The summed E-state index contributed by atoms with van der Waals surface area (Å²) in [5.41, 5.74) is 1.05. The van der Waals surface area contributed by atoms with Crippen LogP contribution in [-0.4, -0.2) is 42.1 Å². The second-order valence-corrected chi connectivity index (χ2v) is 5.02. The van der Waals surface area contributed by atoms with Gasteiger partial charge in [-0.25, -0.2) is 9.97 Å². The Bertz CT molecular complexity index is 408. The Balaban J connectivity index is 1.85. The van der Waals surface area contributed by atoms with E-state index in [1.807, 2.05) is 12.5 Å². The van der Waals surface area contributed by atoms with Crippen LogP contribution in [0.15, 0.2) is 11.4 Å². The van der Waals surface area contributed by atoms with Crippen LogP contribution in [0.2, 0.25) is 0 Å². The molecule has 0 amide bonds. The second kappa shape index (κ2) is 4.70. The highest BCUT2D eigenvalue weighted by Gasteiger charge is 2.29. The van der Waals surface area contributed by atoms with E-state index in [0.29, 0.717) is 6.04 Å². The lowest BCUT2D eigenvalue weighted by Crippen LogP contribution is -2.39. The number of aromatic nitrogens is 2. The fraction of sp³-hybridized carbons (Fsp3) is 0.636. The molecule has 92 valence electrons. The third-order valence-electron chi connectivity index (χ3n) is 3.27. The maximum Gasteiger partial charge on any atom is 0.189 e. The van der Waals surface area contributed by atoms with Crippen LogP contribution in [-0.2, 0) is 4.74 Å². The molecule has 17 heavy (non-hydrogen) atoms. The van der Waals surface area contributed by atoms with Crippen LogP contribution >= 0.6 is 11.8 Å². The van der Waals surface area contributed by atoms with Crippen LogP contribution in [0.4, 0.5) is 11.5 Å². The van der Waals surface area contributed by atoms with E-state index in [1.54, 1.807) is 11.8 Å². The molecule has 1 N–H and O–H groups in total. The normalized spacial score (nSPS) is 20.2. The van der Waals surface area contributed by atoms with Crippen molar-refractivity contribution in [1.29, 1.82) is 0 Å². The summed E-state index contributed by atoms with van der Waals surface area (Å²) in [6, 6.07) is 0.544. The molecule has 0 saturated carbocycles. The summed E-state index contributed by atoms with van der Waals surface area (Å²) >= 11 is 1.58. The molecule has 0 aliphatic carbocycles. The van der Waals surface area contributed by atoms with Crippen molar-refractivity contribution in [3.05, 3.63) is 6.20 Å². The van der Waals surface area contributed by atoms with E-state index in [2.05, 4.69) is 20.2 Å². The molecule has 3 heterocycles. The zero-order valence-corrected chi connectivity index (χ0v) is 10.7. The Morgan fingerprint density at radius 2 is 2.29 bits per heavy atom. The van der Waals surface area contributed by atoms with Crippen LogP contribution < -0.4 is 10.2 Å². The molecule has 1 saturated heterocycles. The zero-order valence-electron chi connectivity index (χ0n) is 9.85. The lowest BCUT2D eigenvalue weighted by atomic mass is 10.1. The minimum absolute atomic E-state index is 0.544. The molecule has 2 aliphatic rings. The molecule has 0 atom stereocenters. The van der Waals surface area contributed by atoms with Crippen LogP contribution in [0, 0.1) is 0 Å². The number of fused-ring (bicyclic) bond motifs is 1. The smallest absolute Gasteiger partial charge is 0.189 e. The van der Waals surface area contributed by atoms with Crippen molar-refractivity contribution in [2.45, 2.75) is 24.0 Å². The van der Waals surface area contributed by atoms with E-state index < -0.39 is 0 Å². The average Bonchev–Trinajstić information content (AvgIpc) is 2.82. The van der Waals surface area contributed by atoms with E-state index in [9.17, 15) is 0 Å². The van der Waals surface area contributed by atoms with Gasteiger partial charge < -0.3 is 15.0 Å². The van der Waals surface area contributed by atoms with Crippen molar-refractivity contribution >= 4 is 23.3 Å². The Morgan fingerprint density at radius 3 is 3.06 bits per heavy atom.